The minimum Gasteiger partial charge on any atom is -0.384 e. The molecule has 0 aromatic heterocycles. The van der Waals surface area contributed by atoms with Crippen LogP contribution in [-0.4, -0.2) is 18.3 Å². The predicted octanol–water partition coefficient (Wildman–Crippen LogP) is 2.74. The lowest BCUT2D eigenvalue weighted by molar-refractivity contribution is 0.0887. The van der Waals surface area contributed by atoms with Crippen molar-refractivity contribution in [3.05, 3.63) is 35.4 Å². The summed E-state index contributed by atoms with van der Waals surface area (Å²) in [6.45, 7) is 1.38. The molecule has 2 rings (SSSR count). The highest BCUT2D eigenvalue weighted by molar-refractivity contribution is 5.40. The van der Waals surface area contributed by atoms with Gasteiger partial charge in [-0.3, -0.25) is 0 Å². The van der Waals surface area contributed by atoms with E-state index in [1.807, 2.05) is 24.3 Å². The Bertz CT molecular complexity index is 422. The second-order valence-electron chi connectivity index (χ2n) is 4.78. The molecule has 96 valence electrons. The van der Waals surface area contributed by atoms with Crippen molar-refractivity contribution < 1.29 is 9.84 Å². The maximum atomic E-state index is 8.73. The number of hydrogen-bond donors (Lipinski definition) is 1. The molecule has 1 aromatic carbocycles. The van der Waals surface area contributed by atoms with Crippen molar-refractivity contribution in [1.82, 2.24) is 0 Å². The van der Waals surface area contributed by atoms with Crippen LogP contribution in [0.2, 0.25) is 0 Å². The van der Waals surface area contributed by atoms with Crippen LogP contribution in [0.5, 0.6) is 0 Å². The van der Waals surface area contributed by atoms with Crippen LogP contribution in [0.25, 0.3) is 0 Å². The first kappa shape index (κ1) is 13.1. The fourth-order valence-corrected chi connectivity index (χ4v) is 2.42. The van der Waals surface area contributed by atoms with Gasteiger partial charge in [-0.25, -0.2) is 0 Å². The summed E-state index contributed by atoms with van der Waals surface area (Å²) in [6.07, 6.45) is 5.33. The van der Waals surface area contributed by atoms with Crippen LogP contribution < -0.4 is 0 Å². The van der Waals surface area contributed by atoms with Gasteiger partial charge in [0.15, 0.2) is 0 Å². The lowest BCUT2D eigenvalue weighted by Crippen LogP contribution is -2.06. The van der Waals surface area contributed by atoms with Crippen molar-refractivity contribution in [3.63, 3.8) is 0 Å². The topological polar surface area (TPSA) is 29.5 Å². The molecular weight excluding hydrogens is 224 g/mol. The predicted molar refractivity (Wildman–Crippen MR) is 72.0 cm³/mol. The molecule has 0 radical (unpaired) electrons. The van der Waals surface area contributed by atoms with Gasteiger partial charge < -0.3 is 9.84 Å². The molecule has 2 nitrogen and oxygen atoms in total. The lowest BCUT2D eigenvalue weighted by Gasteiger charge is -2.10. The van der Waals surface area contributed by atoms with Crippen LogP contribution in [0.15, 0.2) is 24.3 Å². The van der Waals surface area contributed by atoms with Crippen LogP contribution in [0.3, 0.4) is 0 Å². The van der Waals surface area contributed by atoms with E-state index in [1.165, 1.54) is 25.7 Å². The Morgan fingerprint density at radius 2 is 2.00 bits per heavy atom. The summed E-state index contributed by atoms with van der Waals surface area (Å²) in [6, 6.07) is 7.97. The van der Waals surface area contributed by atoms with Gasteiger partial charge in [-0.1, -0.05) is 42.9 Å². The molecule has 0 spiro atoms. The quantitative estimate of drug-likeness (QED) is 0.825. The normalized spacial score (nSPS) is 15.4. The number of aliphatic hydroxyl groups is 1. The zero-order valence-corrected chi connectivity index (χ0v) is 10.7. The van der Waals surface area contributed by atoms with E-state index in [-0.39, 0.29) is 6.61 Å². The van der Waals surface area contributed by atoms with Gasteiger partial charge in [-0.05, 0) is 30.4 Å². The maximum Gasteiger partial charge on any atom is 0.104 e. The molecule has 18 heavy (non-hydrogen) atoms. The molecule has 1 aliphatic rings. The molecule has 0 amide bonds. The van der Waals surface area contributed by atoms with Crippen molar-refractivity contribution in [1.29, 1.82) is 0 Å². The van der Waals surface area contributed by atoms with Gasteiger partial charge in [0, 0.05) is 12.2 Å². The molecule has 0 heterocycles. The van der Waals surface area contributed by atoms with Gasteiger partial charge in [-0.2, -0.15) is 0 Å². The molecular formula is C16H20O2. The third kappa shape index (κ3) is 3.87. The Hall–Kier alpha value is -1.30. The van der Waals surface area contributed by atoms with Gasteiger partial charge in [-0.15, -0.1) is 0 Å². The average Bonchev–Trinajstić information content (AvgIpc) is 2.91. The van der Waals surface area contributed by atoms with E-state index in [0.717, 1.165) is 23.7 Å². The molecule has 1 fully saturated rings. The number of ether oxygens (including phenoxy) is 1. The van der Waals surface area contributed by atoms with E-state index >= 15 is 0 Å². The van der Waals surface area contributed by atoms with Gasteiger partial charge in [0.05, 0.1) is 6.61 Å². The molecule has 1 aromatic rings. The largest absolute Gasteiger partial charge is 0.384 e. The zero-order valence-electron chi connectivity index (χ0n) is 10.7. The fourth-order valence-electron chi connectivity index (χ4n) is 2.42. The average molecular weight is 244 g/mol. The van der Waals surface area contributed by atoms with Crippen LogP contribution in [-0.2, 0) is 11.3 Å². The smallest absolute Gasteiger partial charge is 0.104 e. The highest BCUT2D eigenvalue weighted by atomic mass is 16.5. The minimum atomic E-state index is -0.0999. The van der Waals surface area contributed by atoms with Crippen LogP contribution >= 0.6 is 0 Å². The zero-order chi connectivity index (χ0) is 12.6. The fraction of sp³-hybridized carbons (Fsp3) is 0.500. The first-order valence-corrected chi connectivity index (χ1v) is 6.65. The van der Waals surface area contributed by atoms with Gasteiger partial charge in [0.25, 0.3) is 0 Å². The highest BCUT2D eigenvalue weighted by Gasteiger charge is 2.14. The van der Waals surface area contributed by atoms with E-state index in [0.29, 0.717) is 6.61 Å². The lowest BCUT2D eigenvalue weighted by atomic mass is 10.1. The van der Waals surface area contributed by atoms with E-state index in [1.54, 1.807) is 0 Å². The van der Waals surface area contributed by atoms with E-state index < -0.39 is 0 Å². The van der Waals surface area contributed by atoms with Crippen molar-refractivity contribution in [2.75, 3.05) is 13.2 Å². The Kier molecular flexibility index (Phi) is 5.26. The number of rotatable bonds is 4. The summed E-state index contributed by atoms with van der Waals surface area (Å²) in [5.74, 6) is 6.40. The molecule has 1 aliphatic carbocycles. The Labute approximate surface area is 109 Å². The van der Waals surface area contributed by atoms with E-state index in [2.05, 4.69) is 11.8 Å². The second kappa shape index (κ2) is 7.20. The first-order valence-electron chi connectivity index (χ1n) is 6.65. The molecule has 0 unspecified atom stereocenters. The summed E-state index contributed by atoms with van der Waals surface area (Å²) in [5.41, 5.74) is 2.06. The SMILES string of the molecule is OCC#Cc1ccccc1COCC1CCCC1. The van der Waals surface area contributed by atoms with Crippen molar-refractivity contribution in [2.24, 2.45) is 5.92 Å². The van der Waals surface area contributed by atoms with Gasteiger partial charge >= 0.3 is 0 Å². The summed E-state index contributed by atoms with van der Waals surface area (Å²) in [7, 11) is 0. The summed E-state index contributed by atoms with van der Waals surface area (Å²) < 4.78 is 5.79. The van der Waals surface area contributed by atoms with Crippen LogP contribution in [0.1, 0.15) is 36.8 Å². The number of benzene rings is 1. The van der Waals surface area contributed by atoms with Gasteiger partial charge in [0.2, 0.25) is 0 Å². The Morgan fingerprint density at radius 3 is 2.78 bits per heavy atom. The number of aliphatic hydroxyl groups excluding tert-OH is 1. The Balaban J connectivity index is 1.87. The van der Waals surface area contributed by atoms with Crippen LogP contribution in [0, 0.1) is 17.8 Å². The van der Waals surface area contributed by atoms with E-state index in [9.17, 15) is 0 Å². The molecule has 2 heteroatoms. The van der Waals surface area contributed by atoms with Crippen molar-refractivity contribution in [3.8, 4) is 11.8 Å². The van der Waals surface area contributed by atoms with E-state index in [4.69, 9.17) is 9.84 Å². The molecule has 0 aliphatic heterocycles. The van der Waals surface area contributed by atoms with Gasteiger partial charge in [0.1, 0.15) is 6.61 Å². The molecule has 1 N–H and O–H groups in total. The third-order valence-corrected chi connectivity index (χ3v) is 3.41. The molecule has 1 saturated carbocycles. The molecule has 0 saturated heterocycles. The second-order valence-corrected chi connectivity index (χ2v) is 4.78. The van der Waals surface area contributed by atoms with Crippen LogP contribution in [0.4, 0.5) is 0 Å². The Morgan fingerprint density at radius 1 is 1.22 bits per heavy atom. The highest BCUT2D eigenvalue weighted by Crippen LogP contribution is 2.25. The molecule has 0 atom stereocenters. The first-order chi connectivity index (χ1) is 8.90. The summed E-state index contributed by atoms with van der Waals surface area (Å²) in [5, 5.41) is 8.73. The summed E-state index contributed by atoms with van der Waals surface area (Å²) >= 11 is 0. The summed E-state index contributed by atoms with van der Waals surface area (Å²) in [4.78, 5) is 0. The minimum absolute atomic E-state index is 0.0999. The standard InChI is InChI=1S/C16H20O2/c17-11-5-10-15-8-3-4-9-16(15)13-18-12-14-6-1-2-7-14/h3-4,8-9,14,17H,1-2,6-7,11-13H2. The van der Waals surface area contributed by atoms with Crippen molar-refractivity contribution >= 4 is 0 Å². The maximum absolute atomic E-state index is 8.73. The molecule has 0 bridgehead atoms. The van der Waals surface area contributed by atoms with Crippen molar-refractivity contribution in [2.45, 2.75) is 32.3 Å². The third-order valence-electron chi connectivity index (χ3n) is 3.41. The number of hydrogen-bond acceptors (Lipinski definition) is 2. The monoisotopic (exact) mass is 244 g/mol.